The number of anilines is 1. The van der Waals surface area contributed by atoms with Crippen molar-refractivity contribution in [1.82, 2.24) is 14.9 Å². The number of nitrogens with zero attached hydrogens (tertiary/aromatic N) is 3. The third-order valence-corrected chi connectivity index (χ3v) is 4.19. The molecule has 1 aromatic heterocycles. The lowest BCUT2D eigenvalue weighted by Gasteiger charge is -2.35. The second-order valence-electron chi connectivity index (χ2n) is 5.48. The minimum absolute atomic E-state index is 0.227. The summed E-state index contributed by atoms with van der Waals surface area (Å²) in [5, 5.41) is 3.35. The van der Waals surface area contributed by atoms with Crippen molar-refractivity contribution >= 4 is 5.82 Å². The maximum absolute atomic E-state index is 5.93. The van der Waals surface area contributed by atoms with E-state index in [-0.39, 0.29) is 6.10 Å². The third kappa shape index (κ3) is 2.71. The van der Waals surface area contributed by atoms with Crippen LogP contribution in [0.4, 0.5) is 5.82 Å². The number of fused-ring (bicyclic) bond motifs is 1. The van der Waals surface area contributed by atoms with Crippen LogP contribution in [0.3, 0.4) is 0 Å². The van der Waals surface area contributed by atoms with Crippen molar-refractivity contribution in [3.63, 3.8) is 0 Å². The molecule has 2 saturated heterocycles. The highest BCUT2D eigenvalue weighted by Crippen LogP contribution is 2.23. The molecule has 1 aromatic rings. The van der Waals surface area contributed by atoms with Gasteiger partial charge in [0.2, 0.25) is 5.88 Å². The van der Waals surface area contributed by atoms with E-state index in [2.05, 4.69) is 20.2 Å². The van der Waals surface area contributed by atoms with Gasteiger partial charge in [0.25, 0.3) is 0 Å². The van der Waals surface area contributed by atoms with Gasteiger partial charge in [0.1, 0.15) is 12.1 Å². The number of hydrogen-bond donors (Lipinski definition) is 1. The lowest BCUT2D eigenvalue weighted by molar-refractivity contribution is -0.0416. The Kier molecular flexibility index (Phi) is 4.03. The van der Waals surface area contributed by atoms with Crippen molar-refractivity contribution in [2.45, 2.75) is 31.9 Å². The van der Waals surface area contributed by atoms with E-state index in [1.165, 1.54) is 25.7 Å². The molecule has 3 heterocycles. The maximum Gasteiger partial charge on any atom is 0.221 e. The van der Waals surface area contributed by atoms with Gasteiger partial charge in [-0.2, -0.15) is 0 Å². The summed E-state index contributed by atoms with van der Waals surface area (Å²) in [5.41, 5.74) is 0.935. The Bertz CT molecular complexity index is 468. The van der Waals surface area contributed by atoms with Crippen LogP contribution in [-0.4, -0.2) is 60.4 Å². The summed E-state index contributed by atoms with van der Waals surface area (Å²) in [7, 11) is 1.62. The highest BCUT2D eigenvalue weighted by atomic mass is 16.5. The maximum atomic E-state index is 5.93. The molecule has 0 bridgehead atoms. The zero-order chi connectivity index (χ0) is 13.9. The van der Waals surface area contributed by atoms with Crippen LogP contribution in [0, 0.1) is 6.92 Å². The largest absolute Gasteiger partial charge is 0.481 e. The van der Waals surface area contributed by atoms with Gasteiger partial charge in [-0.3, -0.25) is 4.90 Å². The molecular weight excluding hydrogens is 256 g/mol. The summed E-state index contributed by atoms with van der Waals surface area (Å²) >= 11 is 0. The van der Waals surface area contributed by atoms with Crippen LogP contribution in [0.15, 0.2) is 6.33 Å². The molecule has 0 spiro atoms. The Balaban J connectivity index is 1.57. The Hall–Kier alpha value is -1.40. The standard InChI is InChI=1S/C14H22N4O2/c1-10-13(16-9-17-14(10)19-2)15-6-12-7-18-5-3-4-11(18)8-20-12/h9,11-12H,3-8H2,1-2H3,(H,15,16,17). The van der Waals surface area contributed by atoms with Gasteiger partial charge in [-0.25, -0.2) is 9.97 Å². The van der Waals surface area contributed by atoms with Crippen LogP contribution in [0.5, 0.6) is 5.88 Å². The highest BCUT2D eigenvalue weighted by molar-refractivity contribution is 5.47. The Morgan fingerprint density at radius 1 is 1.50 bits per heavy atom. The molecule has 0 aromatic carbocycles. The van der Waals surface area contributed by atoms with Crippen LogP contribution in [0.2, 0.25) is 0 Å². The average molecular weight is 278 g/mol. The van der Waals surface area contributed by atoms with E-state index in [1.807, 2.05) is 6.92 Å². The first-order valence-corrected chi connectivity index (χ1v) is 7.23. The van der Waals surface area contributed by atoms with Crippen LogP contribution in [-0.2, 0) is 4.74 Å². The predicted octanol–water partition coefficient (Wildman–Crippen LogP) is 1.07. The zero-order valence-corrected chi connectivity index (χ0v) is 12.1. The van der Waals surface area contributed by atoms with Gasteiger partial charge in [-0.15, -0.1) is 0 Å². The number of nitrogens with one attached hydrogen (secondary N) is 1. The van der Waals surface area contributed by atoms with Gasteiger partial charge >= 0.3 is 0 Å². The summed E-state index contributed by atoms with van der Waals surface area (Å²) in [6.45, 7) is 5.81. The van der Waals surface area contributed by atoms with Crippen LogP contribution in [0.1, 0.15) is 18.4 Å². The molecule has 2 aliphatic rings. The number of hydrogen-bond acceptors (Lipinski definition) is 6. The van der Waals surface area contributed by atoms with Gasteiger partial charge in [-0.1, -0.05) is 0 Å². The third-order valence-electron chi connectivity index (χ3n) is 4.19. The van der Waals surface area contributed by atoms with Crippen LogP contribution in [0.25, 0.3) is 0 Å². The molecule has 1 N–H and O–H groups in total. The molecule has 110 valence electrons. The van der Waals surface area contributed by atoms with Crippen molar-refractivity contribution in [2.24, 2.45) is 0 Å². The minimum atomic E-state index is 0.227. The van der Waals surface area contributed by atoms with Crippen LogP contribution >= 0.6 is 0 Å². The first-order chi connectivity index (χ1) is 9.78. The van der Waals surface area contributed by atoms with E-state index in [1.54, 1.807) is 7.11 Å². The summed E-state index contributed by atoms with van der Waals surface area (Å²) in [5.74, 6) is 1.44. The van der Waals surface area contributed by atoms with E-state index in [0.29, 0.717) is 11.9 Å². The fourth-order valence-corrected chi connectivity index (χ4v) is 3.04. The molecule has 0 aliphatic carbocycles. The molecule has 3 rings (SSSR count). The fraction of sp³-hybridized carbons (Fsp3) is 0.714. The predicted molar refractivity (Wildman–Crippen MR) is 76.1 cm³/mol. The van der Waals surface area contributed by atoms with Gasteiger partial charge in [-0.05, 0) is 26.3 Å². The van der Waals surface area contributed by atoms with Gasteiger partial charge in [0.05, 0.1) is 25.4 Å². The highest BCUT2D eigenvalue weighted by Gasteiger charge is 2.32. The van der Waals surface area contributed by atoms with Crippen molar-refractivity contribution in [3.05, 3.63) is 11.9 Å². The van der Waals surface area contributed by atoms with Crippen LogP contribution < -0.4 is 10.1 Å². The molecule has 2 aliphatic heterocycles. The number of aromatic nitrogens is 2. The molecule has 6 heteroatoms. The normalized spacial score (nSPS) is 26.3. The number of ether oxygens (including phenoxy) is 2. The molecule has 20 heavy (non-hydrogen) atoms. The first kappa shape index (κ1) is 13.6. The molecule has 2 unspecified atom stereocenters. The summed E-state index contributed by atoms with van der Waals surface area (Å²) in [4.78, 5) is 10.9. The molecule has 6 nitrogen and oxygen atoms in total. The minimum Gasteiger partial charge on any atom is -0.481 e. The van der Waals surface area contributed by atoms with Crippen molar-refractivity contribution in [2.75, 3.05) is 38.7 Å². The number of rotatable bonds is 4. The summed E-state index contributed by atoms with van der Waals surface area (Å²) in [6, 6.07) is 0.645. The summed E-state index contributed by atoms with van der Waals surface area (Å²) in [6.07, 6.45) is 4.33. The smallest absolute Gasteiger partial charge is 0.221 e. The molecule has 2 atom stereocenters. The molecule has 2 fully saturated rings. The fourth-order valence-electron chi connectivity index (χ4n) is 3.04. The second-order valence-corrected chi connectivity index (χ2v) is 5.48. The van der Waals surface area contributed by atoms with Crippen molar-refractivity contribution in [3.8, 4) is 5.88 Å². The molecular formula is C14H22N4O2. The Morgan fingerprint density at radius 2 is 2.40 bits per heavy atom. The molecule has 0 saturated carbocycles. The van der Waals surface area contributed by atoms with E-state index < -0.39 is 0 Å². The topological polar surface area (TPSA) is 59.5 Å². The average Bonchev–Trinajstić information content (AvgIpc) is 2.93. The monoisotopic (exact) mass is 278 g/mol. The molecule has 0 radical (unpaired) electrons. The first-order valence-electron chi connectivity index (χ1n) is 7.23. The van der Waals surface area contributed by atoms with Gasteiger partial charge in [0.15, 0.2) is 0 Å². The quantitative estimate of drug-likeness (QED) is 0.889. The lowest BCUT2D eigenvalue weighted by Crippen LogP contribution is -2.48. The zero-order valence-electron chi connectivity index (χ0n) is 12.1. The Morgan fingerprint density at radius 3 is 3.25 bits per heavy atom. The van der Waals surface area contributed by atoms with Crippen molar-refractivity contribution in [1.29, 1.82) is 0 Å². The lowest BCUT2D eigenvalue weighted by atomic mass is 10.2. The number of methoxy groups -OCH3 is 1. The van der Waals surface area contributed by atoms with E-state index >= 15 is 0 Å². The second kappa shape index (κ2) is 5.93. The number of morpholine rings is 1. The van der Waals surface area contributed by atoms with E-state index in [9.17, 15) is 0 Å². The molecule has 0 amide bonds. The van der Waals surface area contributed by atoms with E-state index in [4.69, 9.17) is 9.47 Å². The Labute approximate surface area is 119 Å². The van der Waals surface area contributed by atoms with Gasteiger partial charge in [0, 0.05) is 19.1 Å². The SMILES string of the molecule is COc1ncnc(NCC2CN3CCCC3CO2)c1C. The van der Waals surface area contributed by atoms with E-state index in [0.717, 1.165) is 31.1 Å². The van der Waals surface area contributed by atoms with Gasteiger partial charge < -0.3 is 14.8 Å². The summed E-state index contributed by atoms with van der Waals surface area (Å²) < 4.78 is 11.1. The van der Waals surface area contributed by atoms with Crippen molar-refractivity contribution < 1.29 is 9.47 Å².